The molecule has 21 heavy (non-hydrogen) atoms. The lowest BCUT2D eigenvalue weighted by Gasteiger charge is -2.37. The summed E-state index contributed by atoms with van der Waals surface area (Å²) in [6.07, 6.45) is 1.68. The zero-order valence-electron chi connectivity index (χ0n) is 12.1. The highest BCUT2D eigenvalue weighted by atomic mass is 32.2. The maximum Gasteiger partial charge on any atom is 0.291 e. The molecule has 0 spiro atoms. The summed E-state index contributed by atoms with van der Waals surface area (Å²) in [5, 5.41) is 11.1. The van der Waals surface area contributed by atoms with E-state index >= 15 is 0 Å². The molecule has 0 aliphatic carbocycles. The van der Waals surface area contributed by atoms with Crippen LogP contribution in [0.25, 0.3) is 0 Å². The highest BCUT2D eigenvalue weighted by Crippen LogP contribution is 2.34. The number of piperidine rings is 1. The molecule has 0 aromatic heterocycles. The smallest absolute Gasteiger partial charge is 0.291 e. The molecule has 1 heterocycles. The van der Waals surface area contributed by atoms with Gasteiger partial charge in [0.15, 0.2) is 4.90 Å². The van der Waals surface area contributed by atoms with Gasteiger partial charge in [0, 0.05) is 24.8 Å². The lowest BCUT2D eigenvalue weighted by atomic mass is 9.85. The first-order valence-corrected chi connectivity index (χ1v) is 8.12. The summed E-state index contributed by atoms with van der Waals surface area (Å²) < 4.78 is 26.7. The third-order valence-electron chi connectivity index (χ3n) is 3.66. The molecule has 1 fully saturated rings. The second-order valence-electron chi connectivity index (χ2n) is 6.09. The van der Waals surface area contributed by atoms with Gasteiger partial charge in [-0.25, -0.2) is 8.42 Å². The van der Waals surface area contributed by atoms with Crippen LogP contribution < -0.4 is 5.73 Å². The number of nitro benzene ring substituents is 1. The fourth-order valence-corrected chi connectivity index (χ4v) is 4.41. The standard InChI is InChI=1S/C13H19N3O4S/c1-13(2)6-3-7-15(9-13)21(19,20)12-5-4-10(14)8-11(12)16(17)18/h4-5,8H,3,6-7,9,14H2,1-2H3. The second kappa shape index (κ2) is 5.27. The van der Waals surface area contributed by atoms with Gasteiger partial charge in [0.05, 0.1) is 4.92 Å². The average Bonchev–Trinajstić information content (AvgIpc) is 2.37. The molecular formula is C13H19N3O4S. The normalized spacial score (nSPS) is 19.3. The predicted octanol–water partition coefficient (Wildman–Crippen LogP) is 1.99. The van der Waals surface area contributed by atoms with E-state index in [1.807, 2.05) is 13.8 Å². The highest BCUT2D eigenvalue weighted by molar-refractivity contribution is 7.89. The maximum atomic E-state index is 12.7. The molecular weight excluding hydrogens is 294 g/mol. The van der Waals surface area contributed by atoms with Crippen LogP contribution in [0.15, 0.2) is 23.1 Å². The van der Waals surface area contributed by atoms with Gasteiger partial charge >= 0.3 is 0 Å². The zero-order chi connectivity index (χ0) is 15.8. The van der Waals surface area contributed by atoms with Gasteiger partial charge in [0.2, 0.25) is 10.0 Å². The summed E-state index contributed by atoms with van der Waals surface area (Å²) in [6.45, 7) is 4.72. The van der Waals surface area contributed by atoms with Gasteiger partial charge in [-0.15, -0.1) is 0 Å². The maximum absolute atomic E-state index is 12.7. The van der Waals surface area contributed by atoms with Crippen LogP contribution in [0, 0.1) is 15.5 Å². The number of nitro groups is 1. The van der Waals surface area contributed by atoms with Crippen LogP contribution in [0.1, 0.15) is 26.7 Å². The van der Waals surface area contributed by atoms with Crippen molar-refractivity contribution in [2.45, 2.75) is 31.6 Å². The van der Waals surface area contributed by atoms with Crippen LogP contribution >= 0.6 is 0 Å². The Morgan fingerprint density at radius 2 is 2.05 bits per heavy atom. The quantitative estimate of drug-likeness (QED) is 0.521. The molecule has 2 rings (SSSR count). The van der Waals surface area contributed by atoms with E-state index in [0.29, 0.717) is 13.1 Å². The van der Waals surface area contributed by atoms with E-state index in [-0.39, 0.29) is 16.0 Å². The van der Waals surface area contributed by atoms with E-state index in [1.54, 1.807) is 0 Å². The van der Waals surface area contributed by atoms with Gasteiger partial charge in [-0.05, 0) is 30.4 Å². The minimum Gasteiger partial charge on any atom is -0.399 e. The lowest BCUT2D eigenvalue weighted by molar-refractivity contribution is -0.387. The summed E-state index contributed by atoms with van der Waals surface area (Å²) in [5.74, 6) is 0. The summed E-state index contributed by atoms with van der Waals surface area (Å²) in [4.78, 5) is 10.1. The summed E-state index contributed by atoms with van der Waals surface area (Å²) in [7, 11) is -3.89. The molecule has 2 N–H and O–H groups in total. The fraction of sp³-hybridized carbons (Fsp3) is 0.538. The molecule has 7 nitrogen and oxygen atoms in total. The SMILES string of the molecule is CC1(C)CCCN(S(=O)(=O)c2ccc(N)cc2[N+](=O)[O-])C1. The topological polar surface area (TPSA) is 107 Å². The van der Waals surface area contributed by atoms with Crippen molar-refractivity contribution in [2.75, 3.05) is 18.8 Å². The number of nitrogen functional groups attached to an aromatic ring is 1. The molecule has 1 aromatic rings. The first-order chi connectivity index (χ1) is 9.63. The Hall–Kier alpha value is -1.67. The Labute approximate surface area is 123 Å². The Balaban J connectivity index is 2.47. The summed E-state index contributed by atoms with van der Waals surface area (Å²) >= 11 is 0. The van der Waals surface area contributed by atoms with Crippen molar-refractivity contribution >= 4 is 21.4 Å². The van der Waals surface area contributed by atoms with Crippen LogP contribution in [0.2, 0.25) is 0 Å². The summed E-state index contributed by atoms with van der Waals surface area (Å²) in [6, 6.07) is 3.67. The van der Waals surface area contributed by atoms with Gasteiger partial charge in [0.1, 0.15) is 0 Å². The van der Waals surface area contributed by atoms with Crippen molar-refractivity contribution in [3.8, 4) is 0 Å². The van der Waals surface area contributed by atoms with E-state index < -0.39 is 20.6 Å². The van der Waals surface area contributed by atoms with Gasteiger partial charge in [0.25, 0.3) is 5.69 Å². The minimum absolute atomic E-state index is 0.131. The average molecular weight is 313 g/mol. The first-order valence-electron chi connectivity index (χ1n) is 6.68. The number of nitrogens with zero attached hydrogens (tertiary/aromatic N) is 2. The molecule has 0 atom stereocenters. The zero-order valence-corrected chi connectivity index (χ0v) is 12.9. The van der Waals surface area contributed by atoms with Crippen molar-refractivity contribution in [2.24, 2.45) is 5.41 Å². The molecule has 1 aliphatic rings. The van der Waals surface area contributed by atoms with Crippen LogP contribution in [0.3, 0.4) is 0 Å². The Kier molecular flexibility index (Phi) is 3.94. The van der Waals surface area contributed by atoms with Crippen LogP contribution in [0.5, 0.6) is 0 Å². The predicted molar refractivity (Wildman–Crippen MR) is 79.3 cm³/mol. The molecule has 0 radical (unpaired) electrons. The fourth-order valence-electron chi connectivity index (χ4n) is 2.61. The molecule has 0 bridgehead atoms. The Morgan fingerprint density at radius 1 is 1.38 bits per heavy atom. The number of rotatable bonds is 3. The molecule has 1 aromatic carbocycles. The molecule has 116 valence electrons. The van der Waals surface area contributed by atoms with Crippen molar-refractivity contribution < 1.29 is 13.3 Å². The monoisotopic (exact) mass is 313 g/mol. The summed E-state index contributed by atoms with van der Waals surface area (Å²) in [5.41, 5.74) is 5.08. The molecule has 0 unspecified atom stereocenters. The number of benzene rings is 1. The number of hydrogen-bond donors (Lipinski definition) is 1. The van der Waals surface area contributed by atoms with Gasteiger partial charge in [-0.2, -0.15) is 4.31 Å². The number of hydrogen-bond acceptors (Lipinski definition) is 5. The Morgan fingerprint density at radius 3 is 2.62 bits per heavy atom. The Bertz CT molecular complexity index is 670. The third kappa shape index (κ3) is 3.16. The van der Waals surface area contributed by atoms with E-state index in [9.17, 15) is 18.5 Å². The molecule has 1 saturated heterocycles. The van der Waals surface area contributed by atoms with Gasteiger partial charge in [-0.1, -0.05) is 13.8 Å². The molecule has 0 saturated carbocycles. The molecule has 0 amide bonds. The first kappa shape index (κ1) is 15.7. The van der Waals surface area contributed by atoms with Crippen LogP contribution in [-0.4, -0.2) is 30.7 Å². The second-order valence-corrected chi connectivity index (χ2v) is 8.00. The highest BCUT2D eigenvalue weighted by Gasteiger charge is 2.37. The number of nitrogens with two attached hydrogens (primary N) is 1. The van der Waals surface area contributed by atoms with E-state index in [1.165, 1.54) is 16.4 Å². The van der Waals surface area contributed by atoms with Crippen molar-refractivity contribution in [3.05, 3.63) is 28.3 Å². The van der Waals surface area contributed by atoms with E-state index in [4.69, 9.17) is 5.73 Å². The third-order valence-corrected chi connectivity index (χ3v) is 5.56. The van der Waals surface area contributed by atoms with Crippen molar-refractivity contribution in [1.29, 1.82) is 0 Å². The van der Waals surface area contributed by atoms with Crippen molar-refractivity contribution in [3.63, 3.8) is 0 Å². The largest absolute Gasteiger partial charge is 0.399 e. The number of anilines is 1. The van der Waals surface area contributed by atoms with Crippen LogP contribution in [0.4, 0.5) is 11.4 Å². The van der Waals surface area contributed by atoms with Crippen molar-refractivity contribution in [1.82, 2.24) is 4.31 Å². The number of sulfonamides is 1. The van der Waals surface area contributed by atoms with Gasteiger partial charge < -0.3 is 5.73 Å². The minimum atomic E-state index is -3.89. The lowest BCUT2D eigenvalue weighted by Crippen LogP contribution is -2.43. The van der Waals surface area contributed by atoms with Gasteiger partial charge in [-0.3, -0.25) is 10.1 Å². The molecule has 1 aliphatic heterocycles. The van der Waals surface area contributed by atoms with Crippen LogP contribution in [-0.2, 0) is 10.0 Å². The molecule has 8 heteroatoms. The van der Waals surface area contributed by atoms with E-state index in [0.717, 1.165) is 18.9 Å². The van der Waals surface area contributed by atoms with E-state index in [2.05, 4.69) is 0 Å².